The molecule has 0 bridgehead atoms. The molecule has 0 spiro atoms. The first kappa shape index (κ1) is 14.9. The first-order valence-corrected chi connectivity index (χ1v) is 7.13. The van der Waals surface area contributed by atoms with Crippen molar-refractivity contribution in [2.75, 3.05) is 39.3 Å². The summed E-state index contributed by atoms with van der Waals surface area (Å²) in [6.07, 6.45) is 0. The fourth-order valence-corrected chi connectivity index (χ4v) is 2.33. The molecule has 0 aliphatic carbocycles. The van der Waals surface area contributed by atoms with Crippen LogP contribution in [-0.2, 0) is 11.3 Å². The van der Waals surface area contributed by atoms with Gasteiger partial charge in [0.15, 0.2) is 0 Å². The molecule has 0 unspecified atom stereocenters. The second-order valence-electron chi connectivity index (χ2n) is 5.11. The van der Waals surface area contributed by atoms with Crippen molar-refractivity contribution in [3.8, 4) is 0 Å². The van der Waals surface area contributed by atoms with E-state index in [-0.39, 0.29) is 11.7 Å². The third-order valence-corrected chi connectivity index (χ3v) is 3.68. The number of nitrogens with zero attached hydrogens (tertiary/aromatic N) is 2. The third kappa shape index (κ3) is 4.58. The minimum Gasteiger partial charge on any atom is -0.351 e. The molecule has 1 amide bonds. The predicted molar refractivity (Wildman–Crippen MR) is 76.8 cm³/mol. The Balaban J connectivity index is 1.69. The quantitative estimate of drug-likeness (QED) is 0.876. The summed E-state index contributed by atoms with van der Waals surface area (Å²) in [6.45, 7) is 8.07. The predicted octanol–water partition coefficient (Wildman–Crippen LogP) is 1.08. The number of rotatable bonds is 5. The molecule has 1 N–H and O–H groups in total. The second kappa shape index (κ2) is 7.36. The smallest absolute Gasteiger partial charge is 0.234 e. The fourth-order valence-electron chi connectivity index (χ4n) is 2.33. The Kier molecular flexibility index (Phi) is 5.49. The molecule has 110 valence electrons. The van der Waals surface area contributed by atoms with Crippen molar-refractivity contribution >= 4 is 5.91 Å². The molecule has 20 heavy (non-hydrogen) atoms. The molecule has 1 aromatic carbocycles. The molecule has 1 saturated heterocycles. The number of likely N-dealkylation sites (N-methyl/N-ethyl adjacent to an activating group) is 1. The van der Waals surface area contributed by atoms with Crippen molar-refractivity contribution in [3.63, 3.8) is 0 Å². The zero-order valence-electron chi connectivity index (χ0n) is 11.9. The van der Waals surface area contributed by atoms with Gasteiger partial charge in [-0.1, -0.05) is 19.1 Å². The second-order valence-corrected chi connectivity index (χ2v) is 5.11. The van der Waals surface area contributed by atoms with E-state index in [0.717, 1.165) is 38.3 Å². The molecule has 5 heteroatoms. The summed E-state index contributed by atoms with van der Waals surface area (Å²) in [5.41, 5.74) is 0.913. The highest BCUT2D eigenvalue weighted by atomic mass is 19.1. The van der Waals surface area contributed by atoms with Crippen LogP contribution in [0.3, 0.4) is 0 Å². The van der Waals surface area contributed by atoms with Gasteiger partial charge in [0.25, 0.3) is 0 Å². The average molecular weight is 279 g/mol. The molecule has 0 atom stereocenters. The summed E-state index contributed by atoms with van der Waals surface area (Å²) in [4.78, 5) is 16.4. The monoisotopic (exact) mass is 279 g/mol. The van der Waals surface area contributed by atoms with Gasteiger partial charge < -0.3 is 10.2 Å². The number of piperazine rings is 1. The van der Waals surface area contributed by atoms with Crippen LogP contribution in [0.5, 0.6) is 0 Å². The zero-order valence-corrected chi connectivity index (χ0v) is 11.9. The highest BCUT2D eigenvalue weighted by Gasteiger charge is 2.17. The molecule has 0 aromatic heterocycles. The molecule has 0 radical (unpaired) electrons. The summed E-state index contributed by atoms with van der Waals surface area (Å²) in [5.74, 6) is -0.229. The summed E-state index contributed by atoms with van der Waals surface area (Å²) in [6, 6.07) is 6.20. The maximum Gasteiger partial charge on any atom is 0.234 e. The highest BCUT2D eigenvalue weighted by Crippen LogP contribution is 2.03. The maximum atomic E-state index is 12.8. The van der Waals surface area contributed by atoms with E-state index in [4.69, 9.17) is 0 Å². The average Bonchev–Trinajstić information content (AvgIpc) is 2.47. The topological polar surface area (TPSA) is 35.6 Å². The number of benzene rings is 1. The van der Waals surface area contributed by atoms with E-state index in [2.05, 4.69) is 22.0 Å². The van der Waals surface area contributed by atoms with Crippen molar-refractivity contribution in [3.05, 3.63) is 35.6 Å². The van der Waals surface area contributed by atoms with Crippen LogP contribution in [0, 0.1) is 5.82 Å². The molecule has 1 fully saturated rings. The number of hydrogen-bond donors (Lipinski definition) is 1. The Bertz CT molecular complexity index is 427. The van der Waals surface area contributed by atoms with Gasteiger partial charge >= 0.3 is 0 Å². The molecular formula is C15H22FN3O. The van der Waals surface area contributed by atoms with E-state index < -0.39 is 0 Å². The van der Waals surface area contributed by atoms with Crippen molar-refractivity contribution in [1.29, 1.82) is 0 Å². The van der Waals surface area contributed by atoms with Crippen LogP contribution in [-0.4, -0.2) is 55.0 Å². The van der Waals surface area contributed by atoms with Gasteiger partial charge in [-0.2, -0.15) is 0 Å². The van der Waals surface area contributed by atoms with Gasteiger partial charge in [0.1, 0.15) is 5.82 Å². The van der Waals surface area contributed by atoms with E-state index in [1.54, 1.807) is 12.1 Å². The molecule has 2 rings (SSSR count). The minimum atomic E-state index is -0.256. The Morgan fingerprint density at radius 1 is 1.15 bits per heavy atom. The SMILES string of the molecule is CCN1CCN(CC(=O)NCc2ccc(F)cc2)CC1. The van der Waals surface area contributed by atoms with Gasteiger partial charge in [-0.25, -0.2) is 4.39 Å². The van der Waals surface area contributed by atoms with E-state index in [1.807, 2.05) is 0 Å². The first-order valence-electron chi connectivity index (χ1n) is 7.13. The molecular weight excluding hydrogens is 257 g/mol. The van der Waals surface area contributed by atoms with E-state index in [9.17, 15) is 9.18 Å². The maximum absolute atomic E-state index is 12.8. The number of hydrogen-bond acceptors (Lipinski definition) is 3. The number of amides is 1. The van der Waals surface area contributed by atoms with Crippen molar-refractivity contribution in [2.45, 2.75) is 13.5 Å². The summed E-state index contributed by atoms with van der Waals surface area (Å²) in [7, 11) is 0. The Morgan fingerprint density at radius 2 is 1.75 bits per heavy atom. The lowest BCUT2D eigenvalue weighted by atomic mass is 10.2. The Labute approximate surface area is 119 Å². The number of carbonyl (C=O) groups excluding carboxylic acids is 1. The largest absolute Gasteiger partial charge is 0.351 e. The van der Waals surface area contributed by atoms with Gasteiger partial charge in [-0.3, -0.25) is 9.69 Å². The number of nitrogens with one attached hydrogen (secondary N) is 1. The van der Waals surface area contributed by atoms with Crippen LogP contribution in [0.4, 0.5) is 4.39 Å². The molecule has 4 nitrogen and oxygen atoms in total. The number of carbonyl (C=O) groups is 1. The lowest BCUT2D eigenvalue weighted by Crippen LogP contribution is -2.49. The zero-order chi connectivity index (χ0) is 14.4. The van der Waals surface area contributed by atoms with E-state index >= 15 is 0 Å². The summed E-state index contributed by atoms with van der Waals surface area (Å²) >= 11 is 0. The van der Waals surface area contributed by atoms with Crippen molar-refractivity contribution in [1.82, 2.24) is 15.1 Å². The fraction of sp³-hybridized carbons (Fsp3) is 0.533. The molecule has 1 heterocycles. The van der Waals surface area contributed by atoms with E-state index in [0.29, 0.717) is 13.1 Å². The standard InChI is InChI=1S/C15H22FN3O/c1-2-18-7-9-19(10-8-18)12-15(20)17-11-13-3-5-14(16)6-4-13/h3-6H,2,7-12H2,1H3,(H,17,20). The van der Waals surface area contributed by atoms with E-state index in [1.165, 1.54) is 12.1 Å². The first-order chi connectivity index (χ1) is 9.67. The lowest BCUT2D eigenvalue weighted by molar-refractivity contribution is -0.122. The van der Waals surface area contributed by atoms with Gasteiger partial charge in [0, 0.05) is 32.7 Å². The van der Waals surface area contributed by atoms with Gasteiger partial charge in [-0.15, -0.1) is 0 Å². The van der Waals surface area contributed by atoms with Gasteiger partial charge in [0.2, 0.25) is 5.91 Å². The van der Waals surface area contributed by atoms with Crippen molar-refractivity contribution < 1.29 is 9.18 Å². The lowest BCUT2D eigenvalue weighted by Gasteiger charge is -2.33. The Hall–Kier alpha value is -1.46. The van der Waals surface area contributed by atoms with Crippen LogP contribution in [0.25, 0.3) is 0 Å². The molecule has 1 aliphatic heterocycles. The van der Waals surface area contributed by atoms with Gasteiger partial charge in [0.05, 0.1) is 6.54 Å². The minimum absolute atomic E-state index is 0.0271. The van der Waals surface area contributed by atoms with Gasteiger partial charge in [-0.05, 0) is 24.2 Å². The van der Waals surface area contributed by atoms with Crippen molar-refractivity contribution in [2.24, 2.45) is 0 Å². The van der Waals surface area contributed by atoms with Crippen LogP contribution in [0.15, 0.2) is 24.3 Å². The molecule has 0 saturated carbocycles. The van der Waals surface area contributed by atoms with Crippen LogP contribution >= 0.6 is 0 Å². The molecule has 1 aromatic rings. The van der Waals surface area contributed by atoms with Crippen LogP contribution in [0.1, 0.15) is 12.5 Å². The van der Waals surface area contributed by atoms with Crippen LogP contribution in [0.2, 0.25) is 0 Å². The molecule has 1 aliphatic rings. The number of halogens is 1. The Morgan fingerprint density at radius 3 is 2.35 bits per heavy atom. The van der Waals surface area contributed by atoms with Crippen LogP contribution < -0.4 is 5.32 Å². The summed E-state index contributed by atoms with van der Waals surface area (Å²) in [5, 5.41) is 2.87. The summed E-state index contributed by atoms with van der Waals surface area (Å²) < 4.78 is 12.8. The normalized spacial score (nSPS) is 17.1. The third-order valence-electron chi connectivity index (χ3n) is 3.68. The highest BCUT2D eigenvalue weighted by molar-refractivity contribution is 5.78.